The Labute approximate surface area is 101 Å². The minimum atomic E-state index is 0.394. The van der Waals surface area contributed by atoms with Crippen LogP contribution in [0.4, 0.5) is 0 Å². The fraction of sp³-hybridized carbons (Fsp3) is 0.625. The highest BCUT2D eigenvalue weighted by Gasteiger charge is 2.33. The van der Waals surface area contributed by atoms with Crippen molar-refractivity contribution in [2.24, 2.45) is 5.92 Å². The molecule has 0 heteroatoms. The van der Waals surface area contributed by atoms with Gasteiger partial charge in [-0.1, -0.05) is 70.9 Å². The Morgan fingerprint density at radius 3 is 1.81 bits per heavy atom. The monoisotopic (exact) mass is 218 g/mol. The van der Waals surface area contributed by atoms with Crippen LogP contribution in [0.1, 0.15) is 58.9 Å². The Morgan fingerprint density at radius 2 is 1.44 bits per heavy atom. The maximum Gasteiger partial charge on any atom is -0.00242 e. The van der Waals surface area contributed by atoms with Gasteiger partial charge < -0.3 is 0 Å². The van der Waals surface area contributed by atoms with Crippen molar-refractivity contribution in [1.29, 1.82) is 0 Å². The Hall–Kier alpha value is -0.780. The number of benzene rings is 1. The van der Waals surface area contributed by atoms with Gasteiger partial charge in [0.2, 0.25) is 0 Å². The molecule has 1 rings (SSSR count). The molecule has 0 saturated heterocycles. The third-order valence-electron chi connectivity index (χ3n) is 3.85. The molecule has 0 fully saturated rings. The molecule has 0 aliphatic rings. The predicted molar refractivity (Wildman–Crippen MR) is 72.8 cm³/mol. The van der Waals surface area contributed by atoms with Crippen molar-refractivity contribution in [2.45, 2.75) is 58.8 Å². The average Bonchev–Trinajstić information content (AvgIpc) is 2.29. The second kappa shape index (κ2) is 6.08. The largest absolute Gasteiger partial charge is 0.0654 e. The van der Waals surface area contributed by atoms with Crippen molar-refractivity contribution in [3.05, 3.63) is 35.9 Å². The second-order valence-electron chi connectivity index (χ2n) is 5.18. The molecule has 0 nitrogen and oxygen atoms in total. The molecule has 0 bridgehead atoms. The van der Waals surface area contributed by atoms with Gasteiger partial charge in [-0.2, -0.15) is 0 Å². The molecule has 0 spiro atoms. The van der Waals surface area contributed by atoms with Crippen LogP contribution in [0.3, 0.4) is 0 Å². The van der Waals surface area contributed by atoms with Gasteiger partial charge in [-0.25, -0.2) is 0 Å². The van der Waals surface area contributed by atoms with E-state index in [2.05, 4.69) is 58.0 Å². The highest BCUT2D eigenvalue weighted by molar-refractivity contribution is 5.26. The molecule has 0 aliphatic heterocycles. The molecule has 1 aromatic rings. The molecule has 0 aliphatic carbocycles. The van der Waals surface area contributed by atoms with Gasteiger partial charge in [0.1, 0.15) is 0 Å². The van der Waals surface area contributed by atoms with Gasteiger partial charge in [-0.05, 0) is 29.7 Å². The molecule has 0 amide bonds. The minimum Gasteiger partial charge on any atom is -0.0654 e. The predicted octanol–water partition coefficient (Wildman–Crippen LogP) is 5.18. The lowest BCUT2D eigenvalue weighted by molar-refractivity contribution is 0.258. The van der Waals surface area contributed by atoms with Crippen LogP contribution >= 0.6 is 0 Å². The fourth-order valence-corrected chi connectivity index (χ4v) is 2.99. The molecule has 0 saturated carbocycles. The van der Waals surface area contributed by atoms with E-state index in [9.17, 15) is 0 Å². The maximum absolute atomic E-state index is 2.37. The van der Waals surface area contributed by atoms with Crippen LogP contribution < -0.4 is 0 Å². The first-order valence-corrected chi connectivity index (χ1v) is 6.73. The van der Waals surface area contributed by atoms with Crippen LogP contribution in [0, 0.1) is 5.92 Å². The van der Waals surface area contributed by atoms with Crippen LogP contribution in [0.5, 0.6) is 0 Å². The molecule has 0 N–H and O–H groups in total. The summed E-state index contributed by atoms with van der Waals surface area (Å²) < 4.78 is 0. The van der Waals surface area contributed by atoms with E-state index in [-0.39, 0.29) is 0 Å². The molecule has 16 heavy (non-hydrogen) atoms. The minimum absolute atomic E-state index is 0.394. The zero-order chi connectivity index (χ0) is 12.0. The van der Waals surface area contributed by atoms with E-state index in [1.54, 1.807) is 0 Å². The Morgan fingerprint density at radius 1 is 0.938 bits per heavy atom. The lowest BCUT2D eigenvalue weighted by Gasteiger charge is -2.38. The topological polar surface area (TPSA) is 0 Å². The summed E-state index contributed by atoms with van der Waals surface area (Å²) in [4.78, 5) is 0. The lowest BCUT2D eigenvalue weighted by Crippen LogP contribution is -2.32. The molecule has 0 aromatic heterocycles. The normalized spacial score (nSPS) is 12.1. The fourth-order valence-electron chi connectivity index (χ4n) is 2.99. The molecular weight excluding hydrogens is 192 g/mol. The maximum atomic E-state index is 2.37. The van der Waals surface area contributed by atoms with E-state index in [0.717, 1.165) is 5.92 Å². The molecule has 0 atom stereocenters. The van der Waals surface area contributed by atoms with Crippen LogP contribution in [0.25, 0.3) is 0 Å². The molecule has 0 unspecified atom stereocenters. The Balaban J connectivity index is 3.10. The summed E-state index contributed by atoms with van der Waals surface area (Å²) in [5.41, 5.74) is 1.93. The van der Waals surface area contributed by atoms with Crippen molar-refractivity contribution in [2.75, 3.05) is 0 Å². The smallest absolute Gasteiger partial charge is 0.00242 e. The standard InChI is InChI=1S/C16H26/c1-5-12-16(13-6-2,14(3)4)15-10-8-7-9-11-15/h7-11,14H,5-6,12-13H2,1-4H3. The van der Waals surface area contributed by atoms with E-state index in [1.807, 2.05) is 0 Å². The van der Waals surface area contributed by atoms with Crippen molar-refractivity contribution in [1.82, 2.24) is 0 Å². The van der Waals surface area contributed by atoms with Gasteiger partial charge in [-0.15, -0.1) is 0 Å². The Bertz CT molecular complexity index is 278. The quantitative estimate of drug-likeness (QED) is 0.617. The molecule has 1 aromatic carbocycles. The van der Waals surface area contributed by atoms with Crippen LogP contribution in [0.2, 0.25) is 0 Å². The summed E-state index contributed by atoms with van der Waals surface area (Å²) in [7, 11) is 0. The first-order valence-electron chi connectivity index (χ1n) is 6.73. The third kappa shape index (κ3) is 2.66. The summed E-state index contributed by atoms with van der Waals surface area (Å²) in [5.74, 6) is 0.717. The molecular formula is C16H26. The van der Waals surface area contributed by atoms with Gasteiger partial charge in [0.05, 0.1) is 0 Å². The first kappa shape index (κ1) is 13.3. The SMILES string of the molecule is CCCC(CCC)(c1ccccc1)C(C)C. The van der Waals surface area contributed by atoms with E-state index < -0.39 is 0 Å². The van der Waals surface area contributed by atoms with Crippen LogP contribution in [0.15, 0.2) is 30.3 Å². The first-order chi connectivity index (χ1) is 7.67. The van der Waals surface area contributed by atoms with Crippen molar-refractivity contribution < 1.29 is 0 Å². The van der Waals surface area contributed by atoms with E-state index in [4.69, 9.17) is 0 Å². The van der Waals surface area contributed by atoms with Gasteiger partial charge in [0.25, 0.3) is 0 Å². The summed E-state index contributed by atoms with van der Waals surface area (Å²) in [6.45, 7) is 9.35. The molecule has 0 heterocycles. The van der Waals surface area contributed by atoms with Crippen molar-refractivity contribution in [3.63, 3.8) is 0 Å². The zero-order valence-corrected chi connectivity index (χ0v) is 11.3. The second-order valence-corrected chi connectivity index (χ2v) is 5.18. The average molecular weight is 218 g/mol. The lowest BCUT2D eigenvalue weighted by atomic mass is 9.66. The summed E-state index contributed by atoms with van der Waals surface area (Å²) in [6, 6.07) is 11.1. The van der Waals surface area contributed by atoms with Crippen LogP contribution in [-0.4, -0.2) is 0 Å². The molecule has 90 valence electrons. The number of rotatable bonds is 6. The summed E-state index contributed by atoms with van der Waals surface area (Å²) in [5, 5.41) is 0. The van der Waals surface area contributed by atoms with Gasteiger partial charge in [0.15, 0.2) is 0 Å². The van der Waals surface area contributed by atoms with Gasteiger partial charge in [0, 0.05) is 0 Å². The number of hydrogen-bond donors (Lipinski definition) is 0. The third-order valence-corrected chi connectivity index (χ3v) is 3.85. The van der Waals surface area contributed by atoms with Crippen molar-refractivity contribution in [3.8, 4) is 0 Å². The highest BCUT2D eigenvalue weighted by Crippen LogP contribution is 2.40. The van der Waals surface area contributed by atoms with E-state index >= 15 is 0 Å². The van der Waals surface area contributed by atoms with Gasteiger partial charge in [-0.3, -0.25) is 0 Å². The zero-order valence-electron chi connectivity index (χ0n) is 11.3. The van der Waals surface area contributed by atoms with Gasteiger partial charge >= 0.3 is 0 Å². The van der Waals surface area contributed by atoms with E-state index in [1.165, 1.54) is 31.2 Å². The summed E-state index contributed by atoms with van der Waals surface area (Å²) in [6.07, 6.45) is 5.16. The van der Waals surface area contributed by atoms with E-state index in [0.29, 0.717) is 5.41 Å². The highest BCUT2D eigenvalue weighted by atomic mass is 14.4. The summed E-state index contributed by atoms with van der Waals surface area (Å²) >= 11 is 0. The number of hydrogen-bond acceptors (Lipinski definition) is 0. The molecule has 0 radical (unpaired) electrons. The van der Waals surface area contributed by atoms with Crippen molar-refractivity contribution >= 4 is 0 Å². The Kier molecular flexibility index (Phi) is 5.05. The van der Waals surface area contributed by atoms with Crippen LogP contribution in [-0.2, 0) is 5.41 Å².